The first-order valence-corrected chi connectivity index (χ1v) is 13.2. The molecule has 2 aromatic carbocycles. The van der Waals surface area contributed by atoms with Crippen molar-refractivity contribution in [1.82, 2.24) is 10.6 Å². The zero-order valence-electron chi connectivity index (χ0n) is 20.1. The van der Waals surface area contributed by atoms with Gasteiger partial charge in [-0.25, -0.2) is 9.59 Å². The van der Waals surface area contributed by atoms with Crippen LogP contribution >= 0.6 is 11.8 Å². The Morgan fingerprint density at radius 3 is 2.14 bits per heavy atom. The van der Waals surface area contributed by atoms with E-state index in [4.69, 9.17) is 4.74 Å². The molecule has 0 radical (unpaired) electrons. The molecule has 1 atom stereocenters. The summed E-state index contributed by atoms with van der Waals surface area (Å²) in [7, 11) is 0. The molecule has 8 heteroatoms. The van der Waals surface area contributed by atoms with Crippen molar-refractivity contribution in [2.45, 2.75) is 50.6 Å². The summed E-state index contributed by atoms with van der Waals surface area (Å²) in [6.45, 7) is 3.70. The number of hydrogen-bond donors (Lipinski definition) is 3. The second kappa shape index (κ2) is 10.7. The summed E-state index contributed by atoms with van der Waals surface area (Å²) in [4.78, 5) is 37.2. The Hall–Kier alpha value is -3.00. The lowest BCUT2D eigenvalue weighted by molar-refractivity contribution is -0.143. The number of carboxylic acid groups (broad SMARTS) is 1. The minimum Gasteiger partial charge on any atom is -0.480 e. The average molecular weight is 497 g/mol. The zero-order chi connectivity index (χ0) is 25.0. The minimum absolute atomic E-state index is 0.0221. The van der Waals surface area contributed by atoms with Gasteiger partial charge in [-0.05, 0) is 52.5 Å². The maximum atomic E-state index is 13.0. The highest BCUT2D eigenvalue weighted by molar-refractivity contribution is 7.99. The van der Waals surface area contributed by atoms with Gasteiger partial charge in [-0.2, -0.15) is 11.8 Å². The Labute approximate surface area is 210 Å². The van der Waals surface area contributed by atoms with Gasteiger partial charge in [0.05, 0.1) is 5.54 Å². The minimum atomic E-state index is -1.06. The summed E-state index contributed by atoms with van der Waals surface area (Å²) in [5, 5.41) is 15.0. The lowest BCUT2D eigenvalue weighted by Gasteiger charge is -2.37. The van der Waals surface area contributed by atoms with Crippen molar-refractivity contribution >= 4 is 29.7 Å². The smallest absolute Gasteiger partial charge is 0.407 e. The Morgan fingerprint density at radius 1 is 1.03 bits per heavy atom. The summed E-state index contributed by atoms with van der Waals surface area (Å²) in [5.74, 6) is -0.114. The lowest BCUT2D eigenvalue weighted by atomic mass is 9.88. The molecule has 1 saturated heterocycles. The Bertz CT molecular complexity index is 1050. The van der Waals surface area contributed by atoms with E-state index < -0.39 is 23.6 Å². The monoisotopic (exact) mass is 496 g/mol. The second-order valence-corrected chi connectivity index (χ2v) is 10.9. The first-order valence-electron chi connectivity index (χ1n) is 12.0. The molecule has 3 N–H and O–H groups in total. The van der Waals surface area contributed by atoms with Gasteiger partial charge in [0.15, 0.2) is 0 Å². The quantitative estimate of drug-likeness (QED) is 0.500. The summed E-state index contributed by atoms with van der Waals surface area (Å²) >= 11 is 1.78. The molecule has 1 unspecified atom stereocenters. The molecular weight excluding hydrogens is 464 g/mol. The molecule has 0 saturated carbocycles. The molecule has 2 aliphatic rings. The highest BCUT2D eigenvalue weighted by Gasteiger charge is 2.38. The van der Waals surface area contributed by atoms with Crippen LogP contribution in [0, 0.1) is 5.92 Å². The van der Waals surface area contributed by atoms with Crippen LogP contribution in [-0.2, 0) is 14.3 Å². The van der Waals surface area contributed by atoms with E-state index in [9.17, 15) is 19.5 Å². The van der Waals surface area contributed by atoms with Crippen LogP contribution < -0.4 is 10.6 Å². The van der Waals surface area contributed by atoms with Gasteiger partial charge in [0.2, 0.25) is 5.91 Å². The molecule has 186 valence electrons. The first kappa shape index (κ1) is 25.1. The van der Waals surface area contributed by atoms with E-state index in [1.54, 1.807) is 25.6 Å². The van der Waals surface area contributed by atoms with Crippen LogP contribution in [0.3, 0.4) is 0 Å². The average Bonchev–Trinajstić information content (AvgIpc) is 3.15. The fraction of sp³-hybridized carbons (Fsp3) is 0.444. The highest BCUT2D eigenvalue weighted by atomic mass is 32.2. The third-order valence-electron chi connectivity index (χ3n) is 6.91. The molecule has 4 rings (SSSR count). The molecule has 1 heterocycles. The maximum absolute atomic E-state index is 13.0. The van der Waals surface area contributed by atoms with Crippen LogP contribution in [0.1, 0.15) is 50.2 Å². The third kappa shape index (κ3) is 5.64. The summed E-state index contributed by atoms with van der Waals surface area (Å²) in [6.07, 6.45) is 0.711. The SMILES string of the molecule is CC(C)C(NC(=O)CC1(NC(=O)OCC2c3ccccc3-c3ccccc32)CCSCC1)C(=O)O. The van der Waals surface area contributed by atoms with Gasteiger partial charge >= 0.3 is 12.1 Å². The number of aliphatic carboxylic acids is 1. The molecule has 0 spiro atoms. The van der Waals surface area contributed by atoms with E-state index in [1.165, 1.54) is 0 Å². The van der Waals surface area contributed by atoms with Crippen LogP contribution in [0.4, 0.5) is 4.79 Å². The van der Waals surface area contributed by atoms with E-state index in [0.717, 1.165) is 33.8 Å². The van der Waals surface area contributed by atoms with Gasteiger partial charge in [0, 0.05) is 12.3 Å². The van der Waals surface area contributed by atoms with Crippen molar-refractivity contribution < 1.29 is 24.2 Å². The highest BCUT2D eigenvalue weighted by Crippen LogP contribution is 2.44. The van der Waals surface area contributed by atoms with Gasteiger partial charge in [0.1, 0.15) is 12.6 Å². The second-order valence-electron chi connectivity index (χ2n) is 9.65. The van der Waals surface area contributed by atoms with E-state index >= 15 is 0 Å². The first-order chi connectivity index (χ1) is 16.8. The number of rotatable bonds is 8. The number of benzene rings is 2. The normalized spacial score (nSPS) is 17.2. The molecule has 1 aliphatic heterocycles. The summed E-state index contributed by atoms with van der Waals surface area (Å²) < 4.78 is 5.72. The van der Waals surface area contributed by atoms with Crippen LogP contribution in [0.25, 0.3) is 11.1 Å². The molecule has 0 bridgehead atoms. The zero-order valence-corrected chi connectivity index (χ0v) is 20.9. The Balaban J connectivity index is 1.42. The molecule has 2 aromatic rings. The number of amides is 2. The largest absolute Gasteiger partial charge is 0.480 e. The van der Waals surface area contributed by atoms with Gasteiger partial charge in [-0.15, -0.1) is 0 Å². The van der Waals surface area contributed by atoms with Gasteiger partial charge in [0.25, 0.3) is 0 Å². The number of carboxylic acids is 1. The van der Waals surface area contributed by atoms with E-state index in [0.29, 0.717) is 12.8 Å². The third-order valence-corrected chi connectivity index (χ3v) is 7.89. The fourth-order valence-corrected chi connectivity index (χ4v) is 6.28. The molecule has 7 nitrogen and oxygen atoms in total. The number of ether oxygens (including phenoxy) is 1. The molecular formula is C27H32N2O5S. The van der Waals surface area contributed by atoms with Crippen molar-refractivity contribution in [2.75, 3.05) is 18.1 Å². The van der Waals surface area contributed by atoms with Crippen molar-refractivity contribution in [3.63, 3.8) is 0 Å². The Kier molecular flexibility index (Phi) is 7.69. The number of carbonyl (C=O) groups excluding carboxylic acids is 2. The van der Waals surface area contributed by atoms with E-state index in [2.05, 4.69) is 34.9 Å². The van der Waals surface area contributed by atoms with E-state index in [-0.39, 0.29) is 30.8 Å². The van der Waals surface area contributed by atoms with Crippen molar-refractivity contribution in [3.05, 3.63) is 59.7 Å². The van der Waals surface area contributed by atoms with Gasteiger partial charge < -0.3 is 20.5 Å². The molecule has 2 amide bonds. The number of nitrogens with one attached hydrogen (secondary N) is 2. The summed E-state index contributed by atoms with van der Waals surface area (Å²) in [6, 6.07) is 15.3. The van der Waals surface area contributed by atoms with E-state index in [1.807, 2.05) is 24.3 Å². The number of alkyl carbamates (subject to hydrolysis) is 1. The van der Waals surface area contributed by atoms with Crippen molar-refractivity contribution in [3.8, 4) is 11.1 Å². The van der Waals surface area contributed by atoms with Gasteiger partial charge in [-0.1, -0.05) is 62.4 Å². The van der Waals surface area contributed by atoms with Gasteiger partial charge in [-0.3, -0.25) is 4.79 Å². The maximum Gasteiger partial charge on any atom is 0.407 e. The Morgan fingerprint density at radius 2 is 1.60 bits per heavy atom. The van der Waals surface area contributed by atoms with Crippen LogP contribution in [-0.4, -0.2) is 52.8 Å². The molecule has 1 aliphatic carbocycles. The number of thioether (sulfide) groups is 1. The van der Waals surface area contributed by atoms with Crippen LogP contribution in [0.2, 0.25) is 0 Å². The predicted molar refractivity (Wildman–Crippen MR) is 137 cm³/mol. The molecule has 35 heavy (non-hydrogen) atoms. The lowest BCUT2D eigenvalue weighted by Crippen LogP contribution is -2.55. The number of fused-ring (bicyclic) bond motifs is 3. The standard InChI is InChI=1S/C27H32N2O5S/c1-17(2)24(25(31)32)28-23(30)15-27(11-13-35-14-12-27)29-26(33)34-16-22-20-9-5-3-7-18(20)19-8-4-6-10-21(19)22/h3-10,17,22,24H,11-16H2,1-2H3,(H,28,30)(H,29,33)(H,31,32). The number of hydrogen-bond acceptors (Lipinski definition) is 5. The summed E-state index contributed by atoms with van der Waals surface area (Å²) in [5.41, 5.74) is 3.84. The molecule has 0 aromatic heterocycles. The number of carbonyl (C=O) groups is 3. The van der Waals surface area contributed by atoms with Crippen molar-refractivity contribution in [2.24, 2.45) is 5.92 Å². The van der Waals surface area contributed by atoms with Crippen molar-refractivity contribution in [1.29, 1.82) is 0 Å². The fourth-order valence-electron chi connectivity index (χ4n) is 5.00. The molecule has 1 fully saturated rings. The van der Waals surface area contributed by atoms with Crippen LogP contribution in [0.5, 0.6) is 0 Å². The predicted octanol–water partition coefficient (Wildman–Crippen LogP) is 4.41. The topological polar surface area (TPSA) is 105 Å². The van der Waals surface area contributed by atoms with Crippen LogP contribution in [0.15, 0.2) is 48.5 Å².